The first kappa shape index (κ1) is 21.8. The number of ketones is 1. The molecule has 7 heteroatoms. The highest BCUT2D eigenvalue weighted by Gasteiger charge is 2.31. The number of sulfone groups is 1. The van der Waals surface area contributed by atoms with Crippen molar-refractivity contribution in [3.05, 3.63) is 100 Å². The van der Waals surface area contributed by atoms with Gasteiger partial charge in [-0.2, -0.15) is 0 Å². The quantitative estimate of drug-likeness (QED) is 0.356. The van der Waals surface area contributed by atoms with Crippen LogP contribution in [0.1, 0.15) is 26.4 Å². The topological polar surface area (TPSA) is 89.3 Å². The number of hydrogen-bond acceptors (Lipinski definition) is 6. The smallest absolute Gasteiger partial charge is 0.211 e. The van der Waals surface area contributed by atoms with Gasteiger partial charge in [0.05, 0.1) is 10.6 Å². The van der Waals surface area contributed by atoms with E-state index in [1.807, 2.05) is 38.1 Å². The molecule has 0 saturated heterocycles. The Morgan fingerprint density at radius 2 is 1.50 bits per heavy atom. The maximum absolute atomic E-state index is 13.5. The average Bonchev–Trinajstić information content (AvgIpc) is 3.13. The lowest BCUT2D eigenvalue weighted by Gasteiger charge is -2.11. The summed E-state index contributed by atoms with van der Waals surface area (Å²) in [5, 5.41) is 3.50. The Labute approximate surface area is 191 Å². The fourth-order valence-corrected chi connectivity index (χ4v) is 6.29. The van der Waals surface area contributed by atoms with Crippen molar-refractivity contribution in [2.24, 2.45) is 0 Å². The van der Waals surface area contributed by atoms with Crippen LogP contribution < -0.4 is 11.1 Å². The number of carbonyl (C=O) groups excluding carboxylic acids is 1. The van der Waals surface area contributed by atoms with E-state index in [0.717, 1.165) is 28.2 Å². The Bertz CT molecular complexity index is 1390. The van der Waals surface area contributed by atoms with Crippen LogP contribution in [0.15, 0.2) is 88.7 Å². The number of rotatable bonds is 6. The number of nitrogens with two attached hydrogens (primary N) is 1. The largest absolute Gasteiger partial charge is 0.396 e. The third-order valence-corrected chi connectivity index (χ3v) is 8.33. The molecule has 0 fully saturated rings. The lowest BCUT2D eigenvalue weighted by atomic mass is 10.1. The van der Waals surface area contributed by atoms with Crippen LogP contribution in [0, 0.1) is 13.8 Å². The van der Waals surface area contributed by atoms with Crippen molar-refractivity contribution in [3.63, 3.8) is 0 Å². The predicted molar refractivity (Wildman–Crippen MR) is 130 cm³/mol. The Kier molecular flexibility index (Phi) is 5.86. The second kappa shape index (κ2) is 8.61. The van der Waals surface area contributed by atoms with Crippen LogP contribution in [-0.2, 0) is 9.84 Å². The molecule has 0 saturated carbocycles. The number of hydrogen-bond donors (Lipinski definition) is 2. The number of aryl methyl sites for hydroxylation is 2. The molecule has 0 bridgehead atoms. The number of nitrogen functional groups attached to an aromatic ring is 1. The van der Waals surface area contributed by atoms with Crippen LogP contribution in [0.2, 0.25) is 0 Å². The molecule has 4 aromatic rings. The van der Waals surface area contributed by atoms with Gasteiger partial charge in [-0.3, -0.25) is 4.79 Å². The minimum atomic E-state index is -3.96. The maximum atomic E-state index is 13.5. The van der Waals surface area contributed by atoms with E-state index >= 15 is 0 Å². The molecular weight excluding hydrogens is 440 g/mol. The van der Waals surface area contributed by atoms with Gasteiger partial charge in [0.2, 0.25) is 15.6 Å². The van der Waals surface area contributed by atoms with Crippen molar-refractivity contribution in [3.8, 4) is 0 Å². The van der Waals surface area contributed by atoms with Crippen LogP contribution in [0.3, 0.4) is 0 Å². The van der Waals surface area contributed by atoms with Gasteiger partial charge < -0.3 is 11.1 Å². The van der Waals surface area contributed by atoms with Gasteiger partial charge in [0, 0.05) is 11.3 Å². The van der Waals surface area contributed by atoms with Crippen LogP contribution in [0.4, 0.5) is 16.4 Å². The monoisotopic (exact) mass is 462 g/mol. The summed E-state index contributed by atoms with van der Waals surface area (Å²) >= 11 is 1.05. The highest BCUT2D eigenvalue weighted by Crippen LogP contribution is 2.44. The summed E-state index contributed by atoms with van der Waals surface area (Å²) in [5.41, 5.74) is 9.65. The maximum Gasteiger partial charge on any atom is 0.211 e. The molecular formula is C25H22N2O3S2. The molecule has 0 spiro atoms. The molecule has 0 amide bonds. The van der Waals surface area contributed by atoms with Crippen LogP contribution in [-0.4, -0.2) is 14.2 Å². The Balaban J connectivity index is 1.89. The second-order valence-corrected chi connectivity index (χ2v) is 10.3. The van der Waals surface area contributed by atoms with Crippen molar-refractivity contribution in [1.82, 2.24) is 0 Å². The number of nitrogens with one attached hydrogen (secondary N) is 1. The molecule has 0 unspecified atom stereocenters. The normalized spacial score (nSPS) is 11.3. The minimum absolute atomic E-state index is 0.0426. The van der Waals surface area contributed by atoms with E-state index in [9.17, 15) is 13.2 Å². The summed E-state index contributed by atoms with van der Waals surface area (Å²) in [7, 11) is -3.96. The highest BCUT2D eigenvalue weighted by atomic mass is 32.2. The van der Waals surface area contributed by atoms with E-state index in [0.29, 0.717) is 10.6 Å². The molecule has 32 heavy (non-hydrogen) atoms. The summed E-state index contributed by atoms with van der Waals surface area (Å²) < 4.78 is 27.1. The zero-order valence-corrected chi connectivity index (χ0v) is 19.3. The number of thiophene rings is 1. The van der Waals surface area contributed by atoms with E-state index in [1.165, 1.54) is 12.1 Å². The Hall–Kier alpha value is -3.42. The van der Waals surface area contributed by atoms with Crippen molar-refractivity contribution in [2.45, 2.75) is 23.6 Å². The first-order valence-corrected chi connectivity index (χ1v) is 12.3. The van der Waals surface area contributed by atoms with Gasteiger partial charge >= 0.3 is 0 Å². The molecule has 4 rings (SSSR count). The SMILES string of the molecule is Cc1ccc(Nc2sc(C(=O)c3ccccc3)c(N)c2S(=O)(=O)c2ccccc2)cc1C. The summed E-state index contributed by atoms with van der Waals surface area (Å²) in [6, 6.07) is 22.5. The number of anilines is 3. The van der Waals surface area contributed by atoms with E-state index in [2.05, 4.69) is 5.32 Å². The molecule has 162 valence electrons. The van der Waals surface area contributed by atoms with E-state index in [-0.39, 0.29) is 26.1 Å². The standard InChI is InChI=1S/C25H22N2O3S2/c1-16-13-14-19(15-17(16)2)27-25-24(32(29,30)20-11-7-4-8-12-20)21(26)23(31-25)22(28)18-9-5-3-6-10-18/h3-15,27H,26H2,1-2H3. The van der Waals surface area contributed by atoms with Crippen molar-refractivity contribution >= 4 is 43.3 Å². The highest BCUT2D eigenvalue weighted by molar-refractivity contribution is 7.92. The van der Waals surface area contributed by atoms with Gasteiger partial charge in [-0.25, -0.2) is 8.42 Å². The summed E-state index contributed by atoms with van der Waals surface area (Å²) in [6.45, 7) is 3.99. The van der Waals surface area contributed by atoms with E-state index < -0.39 is 9.84 Å². The lowest BCUT2D eigenvalue weighted by Crippen LogP contribution is -2.08. The first-order valence-electron chi connectivity index (χ1n) is 9.95. The van der Waals surface area contributed by atoms with Gasteiger partial charge in [-0.1, -0.05) is 54.6 Å². The fraction of sp³-hybridized carbons (Fsp3) is 0.0800. The molecule has 5 nitrogen and oxygen atoms in total. The van der Waals surface area contributed by atoms with Crippen LogP contribution in [0.25, 0.3) is 0 Å². The van der Waals surface area contributed by atoms with Gasteiger partial charge in [0.25, 0.3) is 0 Å². The van der Waals surface area contributed by atoms with Crippen molar-refractivity contribution < 1.29 is 13.2 Å². The zero-order valence-electron chi connectivity index (χ0n) is 17.6. The average molecular weight is 463 g/mol. The molecule has 1 heterocycles. The lowest BCUT2D eigenvalue weighted by molar-refractivity contribution is 0.104. The van der Waals surface area contributed by atoms with Gasteiger partial charge in [-0.05, 0) is 49.2 Å². The Morgan fingerprint density at radius 3 is 2.12 bits per heavy atom. The van der Waals surface area contributed by atoms with Crippen LogP contribution >= 0.6 is 11.3 Å². The first-order chi connectivity index (χ1) is 15.3. The van der Waals surface area contributed by atoms with Crippen LogP contribution in [0.5, 0.6) is 0 Å². The minimum Gasteiger partial charge on any atom is -0.396 e. The van der Waals surface area contributed by atoms with Crippen molar-refractivity contribution in [2.75, 3.05) is 11.1 Å². The zero-order chi connectivity index (χ0) is 22.9. The molecule has 0 radical (unpaired) electrons. The molecule has 0 aliphatic carbocycles. The van der Waals surface area contributed by atoms with Gasteiger partial charge in [0.15, 0.2) is 0 Å². The van der Waals surface area contributed by atoms with E-state index in [1.54, 1.807) is 42.5 Å². The third-order valence-electron chi connectivity index (χ3n) is 5.23. The van der Waals surface area contributed by atoms with Gasteiger partial charge in [0.1, 0.15) is 14.8 Å². The Morgan fingerprint density at radius 1 is 0.875 bits per heavy atom. The molecule has 0 atom stereocenters. The molecule has 0 aliphatic rings. The van der Waals surface area contributed by atoms with Crippen molar-refractivity contribution in [1.29, 1.82) is 0 Å². The molecule has 0 aliphatic heterocycles. The summed E-state index contributed by atoms with van der Waals surface area (Å²) in [6.07, 6.45) is 0. The van der Waals surface area contributed by atoms with Gasteiger partial charge in [-0.15, -0.1) is 11.3 Å². The summed E-state index contributed by atoms with van der Waals surface area (Å²) in [4.78, 5) is 13.4. The van der Waals surface area contributed by atoms with E-state index in [4.69, 9.17) is 5.73 Å². The third kappa shape index (κ3) is 4.04. The number of carbonyl (C=O) groups is 1. The predicted octanol–water partition coefficient (Wildman–Crippen LogP) is 5.75. The molecule has 3 aromatic carbocycles. The summed E-state index contributed by atoms with van der Waals surface area (Å²) in [5.74, 6) is -0.314. The second-order valence-electron chi connectivity index (χ2n) is 7.44. The fourth-order valence-electron chi connectivity index (χ4n) is 3.33. The molecule has 3 N–H and O–H groups in total. The molecule has 1 aromatic heterocycles. The number of benzene rings is 3.